The van der Waals surface area contributed by atoms with Crippen LogP contribution in [0.1, 0.15) is 35.0 Å². The number of likely N-dealkylation sites (tertiary alicyclic amines) is 1. The van der Waals surface area contributed by atoms with Gasteiger partial charge < -0.3 is 9.42 Å². The smallest absolute Gasteiger partial charge is 0.227 e. The molecular weight excluding hydrogens is 336 g/mol. The van der Waals surface area contributed by atoms with E-state index in [1.165, 1.54) is 0 Å². The number of aromatic amines is 1. The molecule has 0 radical (unpaired) electrons. The van der Waals surface area contributed by atoms with E-state index in [-0.39, 0.29) is 11.8 Å². The fourth-order valence-corrected chi connectivity index (χ4v) is 4.10. The van der Waals surface area contributed by atoms with Gasteiger partial charge in [0, 0.05) is 30.0 Å². The van der Waals surface area contributed by atoms with Crippen molar-refractivity contribution in [3.8, 4) is 11.3 Å². The van der Waals surface area contributed by atoms with E-state index in [9.17, 15) is 4.79 Å². The monoisotopic (exact) mass is 356 g/mol. The minimum absolute atomic E-state index is 0.198. The van der Waals surface area contributed by atoms with Crippen molar-refractivity contribution < 1.29 is 9.32 Å². The van der Waals surface area contributed by atoms with Crippen LogP contribution >= 0.6 is 11.3 Å². The predicted octanol–water partition coefficient (Wildman–Crippen LogP) is 3.38. The minimum atomic E-state index is 0.198. The number of aromatic nitrogens is 3. The SMILES string of the molecule is Cc1cc(-c2cn[nH]c2[C@@H]2CCCN(C(=O)Cc3cccs3)C2)on1. The molecule has 1 fully saturated rings. The number of rotatable bonds is 4. The number of hydrogen-bond acceptors (Lipinski definition) is 5. The van der Waals surface area contributed by atoms with E-state index in [4.69, 9.17) is 4.52 Å². The van der Waals surface area contributed by atoms with Gasteiger partial charge in [0.15, 0.2) is 5.76 Å². The van der Waals surface area contributed by atoms with E-state index >= 15 is 0 Å². The number of thiophene rings is 1. The Morgan fingerprint density at radius 3 is 3.20 bits per heavy atom. The Balaban J connectivity index is 1.50. The molecule has 1 saturated heterocycles. The normalized spacial score (nSPS) is 17.8. The molecule has 1 aliphatic heterocycles. The maximum atomic E-state index is 12.6. The molecule has 0 spiro atoms. The third-order valence-corrected chi connectivity index (χ3v) is 5.53. The number of H-pyrrole nitrogens is 1. The molecule has 25 heavy (non-hydrogen) atoms. The van der Waals surface area contributed by atoms with Crippen LogP contribution in [0.15, 0.2) is 34.3 Å². The molecular formula is C18H20N4O2S. The van der Waals surface area contributed by atoms with E-state index < -0.39 is 0 Å². The van der Waals surface area contributed by atoms with Gasteiger partial charge in [-0.15, -0.1) is 11.3 Å². The van der Waals surface area contributed by atoms with Crippen LogP contribution in [0.5, 0.6) is 0 Å². The minimum Gasteiger partial charge on any atom is -0.356 e. The number of carbonyl (C=O) groups is 1. The van der Waals surface area contributed by atoms with Crippen LogP contribution in [0.4, 0.5) is 0 Å². The van der Waals surface area contributed by atoms with Gasteiger partial charge in [-0.25, -0.2) is 0 Å². The number of nitrogens with one attached hydrogen (secondary N) is 1. The Morgan fingerprint density at radius 1 is 1.52 bits per heavy atom. The summed E-state index contributed by atoms with van der Waals surface area (Å²) in [5, 5.41) is 13.3. The van der Waals surface area contributed by atoms with Crippen LogP contribution in [-0.4, -0.2) is 39.3 Å². The van der Waals surface area contributed by atoms with Crippen molar-refractivity contribution in [1.82, 2.24) is 20.3 Å². The molecule has 4 heterocycles. The van der Waals surface area contributed by atoms with E-state index in [1.54, 1.807) is 17.5 Å². The zero-order chi connectivity index (χ0) is 17.2. The Kier molecular flexibility index (Phi) is 4.40. The van der Waals surface area contributed by atoms with E-state index in [2.05, 4.69) is 15.4 Å². The third kappa shape index (κ3) is 3.37. The number of nitrogens with zero attached hydrogens (tertiary/aromatic N) is 3. The molecule has 1 N–H and O–H groups in total. The summed E-state index contributed by atoms with van der Waals surface area (Å²) in [6, 6.07) is 5.92. The first-order valence-corrected chi connectivity index (χ1v) is 9.36. The molecule has 3 aromatic heterocycles. The summed E-state index contributed by atoms with van der Waals surface area (Å²) < 4.78 is 5.40. The van der Waals surface area contributed by atoms with Crippen molar-refractivity contribution in [2.24, 2.45) is 0 Å². The maximum absolute atomic E-state index is 12.6. The molecule has 0 aromatic carbocycles. The molecule has 6 nitrogen and oxygen atoms in total. The lowest BCUT2D eigenvalue weighted by atomic mass is 9.91. The van der Waals surface area contributed by atoms with Gasteiger partial charge in [0.05, 0.1) is 29.6 Å². The lowest BCUT2D eigenvalue weighted by molar-refractivity contribution is -0.131. The quantitative estimate of drug-likeness (QED) is 0.777. The van der Waals surface area contributed by atoms with Gasteiger partial charge in [-0.2, -0.15) is 5.10 Å². The van der Waals surface area contributed by atoms with Crippen molar-refractivity contribution in [2.75, 3.05) is 13.1 Å². The Morgan fingerprint density at radius 2 is 2.44 bits per heavy atom. The molecule has 130 valence electrons. The van der Waals surface area contributed by atoms with E-state index in [0.29, 0.717) is 13.0 Å². The fraction of sp³-hybridized carbons (Fsp3) is 0.389. The molecule has 1 atom stereocenters. The Hall–Kier alpha value is -2.41. The summed E-state index contributed by atoms with van der Waals surface area (Å²) in [4.78, 5) is 15.7. The second kappa shape index (κ2) is 6.84. The third-order valence-electron chi connectivity index (χ3n) is 4.65. The summed E-state index contributed by atoms with van der Waals surface area (Å²) in [5.41, 5.74) is 2.82. The highest BCUT2D eigenvalue weighted by Crippen LogP contribution is 2.33. The standard InChI is InChI=1S/C18H20N4O2S/c1-12-8-16(24-21-12)15-10-19-20-18(15)13-4-2-6-22(11-13)17(23)9-14-5-3-7-25-14/h3,5,7-8,10,13H,2,4,6,9,11H2,1H3,(H,19,20)/t13-/m1/s1. The lowest BCUT2D eigenvalue weighted by Gasteiger charge is -2.32. The van der Waals surface area contributed by atoms with Gasteiger partial charge in [-0.05, 0) is 31.2 Å². The Bertz CT molecular complexity index is 852. The molecule has 1 amide bonds. The van der Waals surface area contributed by atoms with Gasteiger partial charge in [0.2, 0.25) is 5.91 Å². The first-order chi connectivity index (χ1) is 12.2. The van der Waals surface area contributed by atoms with Crippen molar-refractivity contribution in [2.45, 2.75) is 32.1 Å². The topological polar surface area (TPSA) is 75.0 Å². The summed E-state index contributed by atoms with van der Waals surface area (Å²) >= 11 is 1.63. The number of piperidine rings is 1. The van der Waals surface area contributed by atoms with Gasteiger partial charge in [0.1, 0.15) is 0 Å². The number of amides is 1. The fourth-order valence-electron chi connectivity index (χ4n) is 3.41. The Labute approximate surface area is 149 Å². The second-order valence-corrected chi connectivity index (χ2v) is 7.50. The van der Waals surface area contributed by atoms with E-state index in [0.717, 1.165) is 47.0 Å². The predicted molar refractivity (Wildman–Crippen MR) is 95.4 cm³/mol. The molecule has 0 aliphatic carbocycles. The summed E-state index contributed by atoms with van der Waals surface area (Å²) in [5.74, 6) is 1.16. The zero-order valence-electron chi connectivity index (χ0n) is 14.1. The van der Waals surface area contributed by atoms with Crippen LogP contribution < -0.4 is 0 Å². The molecule has 0 bridgehead atoms. The molecule has 3 aromatic rings. The average molecular weight is 356 g/mol. The molecule has 0 unspecified atom stereocenters. The van der Waals surface area contributed by atoms with Crippen molar-refractivity contribution >= 4 is 17.2 Å². The summed E-state index contributed by atoms with van der Waals surface area (Å²) in [6.07, 6.45) is 4.29. The summed E-state index contributed by atoms with van der Waals surface area (Å²) in [6.45, 7) is 3.44. The van der Waals surface area contributed by atoms with Crippen LogP contribution in [0.2, 0.25) is 0 Å². The van der Waals surface area contributed by atoms with E-state index in [1.807, 2.05) is 35.4 Å². The average Bonchev–Trinajstić information content (AvgIpc) is 3.36. The van der Waals surface area contributed by atoms with Gasteiger partial charge in [-0.3, -0.25) is 9.89 Å². The molecule has 7 heteroatoms. The van der Waals surface area contributed by atoms with Gasteiger partial charge in [-0.1, -0.05) is 11.2 Å². The van der Waals surface area contributed by atoms with Crippen LogP contribution in [0.25, 0.3) is 11.3 Å². The molecule has 4 rings (SSSR count). The zero-order valence-corrected chi connectivity index (χ0v) is 14.9. The highest BCUT2D eigenvalue weighted by molar-refractivity contribution is 7.10. The second-order valence-electron chi connectivity index (χ2n) is 6.46. The van der Waals surface area contributed by atoms with Crippen molar-refractivity contribution in [3.05, 3.63) is 46.0 Å². The number of carbonyl (C=O) groups excluding carboxylic acids is 1. The van der Waals surface area contributed by atoms with Crippen LogP contribution in [-0.2, 0) is 11.2 Å². The largest absolute Gasteiger partial charge is 0.356 e. The maximum Gasteiger partial charge on any atom is 0.227 e. The van der Waals surface area contributed by atoms with Crippen molar-refractivity contribution in [1.29, 1.82) is 0 Å². The summed E-state index contributed by atoms with van der Waals surface area (Å²) in [7, 11) is 0. The van der Waals surface area contributed by atoms with Gasteiger partial charge >= 0.3 is 0 Å². The highest BCUT2D eigenvalue weighted by Gasteiger charge is 2.28. The first kappa shape index (κ1) is 16.1. The molecule has 1 aliphatic rings. The van der Waals surface area contributed by atoms with Crippen LogP contribution in [0.3, 0.4) is 0 Å². The highest BCUT2D eigenvalue weighted by atomic mass is 32.1. The van der Waals surface area contributed by atoms with Crippen LogP contribution in [0, 0.1) is 6.92 Å². The first-order valence-electron chi connectivity index (χ1n) is 8.48. The number of hydrogen-bond donors (Lipinski definition) is 1. The number of aryl methyl sites for hydroxylation is 1. The van der Waals surface area contributed by atoms with Crippen molar-refractivity contribution in [3.63, 3.8) is 0 Å². The molecule has 0 saturated carbocycles. The van der Waals surface area contributed by atoms with Gasteiger partial charge in [0.25, 0.3) is 0 Å². The lowest BCUT2D eigenvalue weighted by Crippen LogP contribution is -2.40.